The minimum absolute atomic E-state index is 0.0674. The number of aryl methyl sites for hydroxylation is 1. The van der Waals surface area contributed by atoms with Crippen LogP contribution in [0.15, 0.2) is 32.7 Å². The third-order valence-corrected chi connectivity index (χ3v) is 7.60. The molecule has 11 heteroatoms. The monoisotopic (exact) mass is 489 g/mol. The maximum atomic E-state index is 13.1. The van der Waals surface area contributed by atoms with Crippen molar-refractivity contribution in [3.63, 3.8) is 0 Å². The van der Waals surface area contributed by atoms with E-state index in [1.165, 1.54) is 23.7 Å². The number of hydrogen-bond acceptors (Lipinski definition) is 6. The molecule has 0 unspecified atom stereocenters. The molecule has 184 valence electrons. The van der Waals surface area contributed by atoms with Crippen molar-refractivity contribution in [3.05, 3.63) is 39.0 Å². The second-order valence-corrected chi connectivity index (χ2v) is 10.4. The van der Waals surface area contributed by atoms with Crippen LogP contribution in [0.4, 0.5) is 0 Å². The van der Waals surface area contributed by atoms with Gasteiger partial charge in [0.1, 0.15) is 17.1 Å². The van der Waals surface area contributed by atoms with Gasteiger partial charge in [0.15, 0.2) is 5.65 Å². The Morgan fingerprint density at radius 3 is 2.59 bits per heavy atom. The Hall–Kier alpha value is -2.92. The highest BCUT2D eigenvalue weighted by atomic mass is 32.2. The lowest BCUT2D eigenvalue weighted by Gasteiger charge is -2.15. The molecule has 0 radical (unpaired) electrons. The number of ether oxygens (including phenoxy) is 1. The fraction of sp³-hybridized carbons (Fsp3) is 0.522. The summed E-state index contributed by atoms with van der Waals surface area (Å²) in [4.78, 5) is 33.1. The topological polar surface area (TPSA) is 128 Å². The summed E-state index contributed by atoms with van der Waals surface area (Å²) in [5.41, 5.74) is -0.102. The van der Waals surface area contributed by atoms with Gasteiger partial charge in [0.2, 0.25) is 10.0 Å². The molecule has 0 aliphatic heterocycles. The number of aromatic nitrogens is 4. The van der Waals surface area contributed by atoms with E-state index < -0.39 is 21.3 Å². The highest BCUT2D eigenvalue weighted by Crippen LogP contribution is 2.32. The SMILES string of the molecule is CCCOc1ccc(S(=O)(=O)NC2CCCC2)cc1-c1nc2c([nH]1)c(=O)n(C)c(=O)n2CCC. The van der Waals surface area contributed by atoms with Crippen LogP contribution >= 0.6 is 0 Å². The van der Waals surface area contributed by atoms with Crippen molar-refractivity contribution in [1.82, 2.24) is 23.8 Å². The van der Waals surface area contributed by atoms with Crippen LogP contribution in [0.25, 0.3) is 22.6 Å². The summed E-state index contributed by atoms with van der Waals surface area (Å²) in [6.07, 6.45) is 5.11. The van der Waals surface area contributed by atoms with E-state index in [-0.39, 0.29) is 27.9 Å². The molecule has 34 heavy (non-hydrogen) atoms. The Kier molecular flexibility index (Phi) is 6.94. The maximum absolute atomic E-state index is 13.1. The Morgan fingerprint density at radius 1 is 1.18 bits per heavy atom. The van der Waals surface area contributed by atoms with Gasteiger partial charge in [0.05, 0.1) is 17.1 Å². The van der Waals surface area contributed by atoms with E-state index in [9.17, 15) is 18.0 Å². The number of hydrogen-bond donors (Lipinski definition) is 2. The van der Waals surface area contributed by atoms with Crippen molar-refractivity contribution in [3.8, 4) is 17.1 Å². The minimum atomic E-state index is -3.75. The zero-order valence-corrected chi connectivity index (χ0v) is 20.6. The van der Waals surface area contributed by atoms with Gasteiger partial charge in [-0.3, -0.25) is 13.9 Å². The number of benzene rings is 1. The minimum Gasteiger partial charge on any atom is -0.493 e. The van der Waals surface area contributed by atoms with Gasteiger partial charge in [-0.2, -0.15) is 0 Å². The van der Waals surface area contributed by atoms with E-state index in [2.05, 4.69) is 14.7 Å². The Labute approximate surface area is 198 Å². The van der Waals surface area contributed by atoms with E-state index in [1.807, 2.05) is 13.8 Å². The summed E-state index contributed by atoms with van der Waals surface area (Å²) in [5.74, 6) is 0.716. The van der Waals surface area contributed by atoms with Crippen LogP contribution in [0.2, 0.25) is 0 Å². The van der Waals surface area contributed by atoms with Crippen molar-refractivity contribution in [2.24, 2.45) is 7.05 Å². The van der Waals surface area contributed by atoms with Gasteiger partial charge < -0.3 is 9.72 Å². The summed E-state index contributed by atoms with van der Waals surface area (Å²) < 4.78 is 37.3. The number of sulfonamides is 1. The number of fused-ring (bicyclic) bond motifs is 1. The van der Waals surface area contributed by atoms with Crippen LogP contribution in [-0.2, 0) is 23.6 Å². The third kappa shape index (κ3) is 4.54. The number of rotatable bonds is 9. The van der Waals surface area contributed by atoms with Gasteiger partial charge in [-0.1, -0.05) is 26.7 Å². The highest BCUT2D eigenvalue weighted by molar-refractivity contribution is 7.89. The van der Waals surface area contributed by atoms with Crippen molar-refractivity contribution in [2.45, 2.75) is 69.9 Å². The molecular formula is C23H31N5O5S. The molecule has 4 rings (SSSR count). The number of nitrogens with zero attached hydrogens (tertiary/aromatic N) is 3. The van der Waals surface area contributed by atoms with E-state index in [4.69, 9.17) is 4.74 Å². The second-order valence-electron chi connectivity index (χ2n) is 8.69. The molecule has 1 saturated carbocycles. The second kappa shape index (κ2) is 9.75. The summed E-state index contributed by atoms with van der Waals surface area (Å²) in [7, 11) is -2.32. The Bertz CT molecular complexity index is 1410. The largest absolute Gasteiger partial charge is 0.493 e. The Morgan fingerprint density at radius 2 is 1.91 bits per heavy atom. The summed E-state index contributed by atoms with van der Waals surface area (Å²) in [5, 5.41) is 0. The lowest BCUT2D eigenvalue weighted by molar-refractivity contribution is 0.318. The molecule has 0 saturated heterocycles. The first-order valence-corrected chi connectivity index (χ1v) is 13.2. The molecule has 10 nitrogen and oxygen atoms in total. The molecule has 0 atom stereocenters. The summed E-state index contributed by atoms with van der Waals surface area (Å²) >= 11 is 0. The molecule has 3 aromatic rings. The molecule has 1 aromatic carbocycles. The predicted molar refractivity (Wildman–Crippen MR) is 130 cm³/mol. The van der Waals surface area contributed by atoms with Gasteiger partial charge >= 0.3 is 5.69 Å². The fourth-order valence-corrected chi connectivity index (χ4v) is 5.65. The van der Waals surface area contributed by atoms with Gasteiger partial charge in [0, 0.05) is 19.6 Å². The lowest BCUT2D eigenvalue weighted by Crippen LogP contribution is -2.38. The first kappa shape index (κ1) is 24.2. The number of aromatic amines is 1. The lowest BCUT2D eigenvalue weighted by atomic mass is 10.2. The smallest absolute Gasteiger partial charge is 0.332 e. The molecule has 2 heterocycles. The number of nitrogens with one attached hydrogen (secondary N) is 2. The number of imidazole rings is 1. The average molecular weight is 490 g/mol. The first-order chi connectivity index (χ1) is 16.3. The third-order valence-electron chi connectivity index (χ3n) is 6.08. The molecule has 0 amide bonds. The molecule has 0 spiro atoms. The molecule has 2 N–H and O–H groups in total. The summed E-state index contributed by atoms with van der Waals surface area (Å²) in [6, 6.07) is 4.56. The number of H-pyrrole nitrogens is 1. The summed E-state index contributed by atoms with van der Waals surface area (Å²) in [6.45, 7) is 4.73. The zero-order valence-electron chi connectivity index (χ0n) is 19.8. The van der Waals surface area contributed by atoms with Crippen molar-refractivity contribution < 1.29 is 13.2 Å². The van der Waals surface area contributed by atoms with E-state index in [0.29, 0.717) is 30.9 Å². The van der Waals surface area contributed by atoms with Crippen LogP contribution in [0, 0.1) is 0 Å². The molecular weight excluding hydrogens is 458 g/mol. The highest BCUT2D eigenvalue weighted by Gasteiger charge is 2.25. The standard InChI is InChI=1S/C23H31N5O5S/c1-4-12-28-21-19(22(29)27(3)23(28)30)24-20(25-21)17-14-16(10-11-18(17)33-13-5-2)34(31,32)26-15-8-6-7-9-15/h10-11,14-15,26H,4-9,12-13H2,1-3H3,(H,24,25). The van der Waals surface area contributed by atoms with Gasteiger partial charge in [-0.05, 0) is 43.9 Å². The quantitative estimate of drug-likeness (QED) is 0.475. The molecule has 1 aliphatic carbocycles. The predicted octanol–water partition coefficient (Wildman–Crippen LogP) is 2.51. The van der Waals surface area contributed by atoms with Crippen LogP contribution in [-0.4, -0.2) is 40.2 Å². The van der Waals surface area contributed by atoms with Crippen molar-refractivity contribution >= 4 is 21.2 Å². The van der Waals surface area contributed by atoms with Gasteiger partial charge in [-0.25, -0.2) is 22.9 Å². The molecule has 1 aliphatic rings. The molecule has 1 fully saturated rings. The first-order valence-electron chi connectivity index (χ1n) is 11.8. The Balaban J connectivity index is 1.87. The normalized spacial score (nSPS) is 14.8. The fourth-order valence-electron chi connectivity index (χ4n) is 4.32. The molecule has 2 aromatic heterocycles. The van der Waals surface area contributed by atoms with Gasteiger partial charge in [0.25, 0.3) is 5.56 Å². The average Bonchev–Trinajstić information content (AvgIpc) is 3.49. The zero-order chi connectivity index (χ0) is 24.5. The van der Waals surface area contributed by atoms with Crippen LogP contribution < -0.4 is 20.7 Å². The van der Waals surface area contributed by atoms with Crippen LogP contribution in [0.1, 0.15) is 52.4 Å². The van der Waals surface area contributed by atoms with Crippen LogP contribution in [0.3, 0.4) is 0 Å². The molecule has 0 bridgehead atoms. The van der Waals surface area contributed by atoms with Crippen LogP contribution in [0.5, 0.6) is 5.75 Å². The van der Waals surface area contributed by atoms with E-state index >= 15 is 0 Å². The van der Waals surface area contributed by atoms with Crippen molar-refractivity contribution in [1.29, 1.82) is 0 Å². The maximum Gasteiger partial charge on any atom is 0.332 e. The van der Waals surface area contributed by atoms with Gasteiger partial charge in [-0.15, -0.1) is 0 Å². The van der Waals surface area contributed by atoms with E-state index in [1.54, 1.807) is 6.07 Å². The van der Waals surface area contributed by atoms with E-state index in [0.717, 1.165) is 36.7 Å². The van der Waals surface area contributed by atoms with Crippen molar-refractivity contribution in [2.75, 3.05) is 6.61 Å².